The lowest BCUT2D eigenvalue weighted by molar-refractivity contribution is 0.0906. The number of carbonyl (C=O) groups is 1. The Kier molecular flexibility index (Phi) is 10.1. The van der Waals surface area contributed by atoms with Crippen LogP contribution in [0.25, 0.3) is 0 Å². The minimum Gasteiger partial charge on any atom is -0.348 e. The summed E-state index contributed by atoms with van der Waals surface area (Å²) >= 11 is 1.44. The van der Waals surface area contributed by atoms with E-state index >= 15 is 0 Å². The fourth-order valence-electron chi connectivity index (χ4n) is 2.39. The van der Waals surface area contributed by atoms with Crippen LogP contribution >= 0.6 is 36.2 Å². The number of carbonyl (C=O) groups excluding carboxylic acids is 1. The van der Waals surface area contributed by atoms with Crippen molar-refractivity contribution in [1.29, 1.82) is 0 Å². The smallest absolute Gasteiger partial charge is 0.270 e. The van der Waals surface area contributed by atoms with E-state index < -0.39 is 0 Å². The maximum absolute atomic E-state index is 12.0. The van der Waals surface area contributed by atoms with Crippen LogP contribution in [-0.2, 0) is 6.54 Å². The maximum Gasteiger partial charge on any atom is 0.270 e. The lowest BCUT2D eigenvalue weighted by atomic mass is 10.0. The van der Waals surface area contributed by atoms with E-state index in [0.29, 0.717) is 12.2 Å². The van der Waals surface area contributed by atoms with Gasteiger partial charge in [-0.1, -0.05) is 6.92 Å². The maximum atomic E-state index is 12.0. The zero-order valence-corrected chi connectivity index (χ0v) is 14.7. The van der Waals surface area contributed by atoms with Crippen molar-refractivity contribution in [3.8, 4) is 0 Å². The van der Waals surface area contributed by atoms with Crippen LogP contribution in [-0.4, -0.2) is 41.5 Å². The molecule has 1 saturated heterocycles. The highest BCUT2D eigenvalue weighted by molar-refractivity contribution is 7.09. The number of nitrogens with two attached hydrogens (primary N) is 1. The summed E-state index contributed by atoms with van der Waals surface area (Å²) in [4.78, 5) is 18.7. The van der Waals surface area contributed by atoms with Crippen molar-refractivity contribution in [1.82, 2.24) is 15.2 Å². The van der Waals surface area contributed by atoms with Crippen LogP contribution in [0.3, 0.4) is 0 Å². The van der Waals surface area contributed by atoms with E-state index in [1.807, 2.05) is 0 Å². The van der Waals surface area contributed by atoms with E-state index in [-0.39, 0.29) is 36.8 Å². The van der Waals surface area contributed by atoms with Gasteiger partial charge in [-0.2, -0.15) is 0 Å². The Morgan fingerprint density at radius 3 is 2.67 bits per heavy atom. The van der Waals surface area contributed by atoms with Gasteiger partial charge in [0.05, 0.1) is 0 Å². The van der Waals surface area contributed by atoms with Crippen LogP contribution in [0.15, 0.2) is 5.38 Å². The first-order chi connectivity index (χ1) is 9.22. The van der Waals surface area contributed by atoms with E-state index in [0.717, 1.165) is 37.5 Å². The van der Waals surface area contributed by atoms with E-state index in [4.69, 9.17) is 5.73 Å². The lowest BCUT2D eigenvalue weighted by Gasteiger charge is -2.31. The summed E-state index contributed by atoms with van der Waals surface area (Å²) in [5, 5.41) is 5.66. The Bertz CT molecular complexity index is 422. The van der Waals surface area contributed by atoms with Gasteiger partial charge in [-0.05, 0) is 25.8 Å². The highest BCUT2D eigenvalue weighted by Gasteiger charge is 2.21. The van der Waals surface area contributed by atoms with Crippen molar-refractivity contribution in [2.45, 2.75) is 38.8 Å². The van der Waals surface area contributed by atoms with Gasteiger partial charge in [0.25, 0.3) is 5.91 Å². The second-order valence-electron chi connectivity index (χ2n) is 4.92. The van der Waals surface area contributed by atoms with E-state index in [9.17, 15) is 4.79 Å². The minimum atomic E-state index is -0.0649. The average Bonchev–Trinajstić information content (AvgIpc) is 2.90. The van der Waals surface area contributed by atoms with Crippen LogP contribution in [0.5, 0.6) is 0 Å². The van der Waals surface area contributed by atoms with E-state index in [1.54, 1.807) is 5.38 Å². The quantitative estimate of drug-likeness (QED) is 0.848. The number of hydrogen-bond acceptors (Lipinski definition) is 5. The molecule has 1 amide bonds. The van der Waals surface area contributed by atoms with Gasteiger partial charge in [-0.3, -0.25) is 4.79 Å². The number of piperidine rings is 1. The molecule has 0 radical (unpaired) electrons. The standard InChI is InChI=1S/C13H22N4OS.2ClH/c1-2-5-17-6-3-10(4-7-17)15-13(18)11-9-19-12(8-14)16-11;;/h9-10H,2-8,14H2,1H3,(H,15,18);2*1H. The Morgan fingerprint density at radius 1 is 1.48 bits per heavy atom. The summed E-state index contributed by atoms with van der Waals surface area (Å²) < 4.78 is 0. The number of thiazole rings is 1. The molecule has 122 valence electrons. The minimum absolute atomic E-state index is 0. The molecule has 0 atom stereocenters. The highest BCUT2D eigenvalue weighted by atomic mass is 35.5. The third-order valence-electron chi connectivity index (χ3n) is 3.42. The van der Waals surface area contributed by atoms with Crippen molar-refractivity contribution >= 4 is 42.1 Å². The average molecular weight is 355 g/mol. The molecule has 2 rings (SSSR count). The molecule has 0 saturated carbocycles. The van der Waals surface area contributed by atoms with Gasteiger partial charge < -0.3 is 16.0 Å². The Balaban J connectivity index is 0.00000200. The second kappa shape index (κ2) is 10.3. The van der Waals surface area contributed by atoms with Gasteiger partial charge in [-0.15, -0.1) is 36.2 Å². The van der Waals surface area contributed by atoms with Gasteiger partial charge in [-0.25, -0.2) is 4.98 Å². The first kappa shape index (κ1) is 20.6. The molecule has 0 aromatic carbocycles. The van der Waals surface area contributed by atoms with E-state index in [2.05, 4.69) is 22.1 Å². The Morgan fingerprint density at radius 2 is 2.14 bits per heavy atom. The number of nitrogens with one attached hydrogen (secondary N) is 1. The number of halogens is 2. The largest absolute Gasteiger partial charge is 0.348 e. The highest BCUT2D eigenvalue weighted by Crippen LogP contribution is 2.13. The van der Waals surface area contributed by atoms with Crippen LogP contribution in [0.4, 0.5) is 0 Å². The molecule has 3 N–H and O–H groups in total. The van der Waals surface area contributed by atoms with Gasteiger partial charge in [0, 0.05) is 31.1 Å². The third kappa shape index (κ3) is 6.08. The molecule has 0 spiro atoms. The van der Waals surface area contributed by atoms with E-state index in [1.165, 1.54) is 17.8 Å². The first-order valence-corrected chi connectivity index (χ1v) is 7.78. The Labute approximate surface area is 142 Å². The summed E-state index contributed by atoms with van der Waals surface area (Å²) in [5.41, 5.74) is 6.00. The molecule has 1 aliphatic rings. The van der Waals surface area contributed by atoms with Gasteiger partial charge in [0.1, 0.15) is 10.7 Å². The zero-order chi connectivity index (χ0) is 13.7. The van der Waals surface area contributed by atoms with Crippen LogP contribution in [0.1, 0.15) is 41.7 Å². The number of amides is 1. The second-order valence-corrected chi connectivity index (χ2v) is 5.86. The fraction of sp³-hybridized carbons (Fsp3) is 0.692. The lowest BCUT2D eigenvalue weighted by Crippen LogP contribution is -2.44. The zero-order valence-electron chi connectivity index (χ0n) is 12.2. The molecule has 0 unspecified atom stereocenters. The summed E-state index contributed by atoms with van der Waals surface area (Å²) in [5.74, 6) is -0.0649. The summed E-state index contributed by atoms with van der Waals surface area (Å²) in [7, 11) is 0. The van der Waals surface area contributed by atoms with Gasteiger partial charge in [0.15, 0.2) is 0 Å². The van der Waals surface area contributed by atoms with Crippen molar-refractivity contribution in [3.63, 3.8) is 0 Å². The summed E-state index contributed by atoms with van der Waals surface area (Å²) in [6, 6.07) is 0.281. The summed E-state index contributed by atoms with van der Waals surface area (Å²) in [6.07, 6.45) is 3.25. The molecule has 1 aliphatic heterocycles. The van der Waals surface area contributed by atoms with Gasteiger partial charge >= 0.3 is 0 Å². The molecule has 21 heavy (non-hydrogen) atoms. The number of rotatable bonds is 5. The SMILES string of the molecule is CCCN1CCC(NC(=O)c2csc(CN)n2)CC1.Cl.Cl. The molecular weight excluding hydrogens is 331 g/mol. The fourth-order valence-corrected chi connectivity index (χ4v) is 3.04. The molecule has 2 heterocycles. The van der Waals surface area contributed by atoms with Crippen molar-refractivity contribution < 1.29 is 4.79 Å². The molecule has 0 aliphatic carbocycles. The van der Waals surface area contributed by atoms with Crippen molar-refractivity contribution in [2.75, 3.05) is 19.6 Å². The number of aromatic nitrogens is 1. The van der Waals surface area contributed by atoms with Crippen LogP contribution in [0, 0.1) is 0 Å². The molecular formula is C13H24Cl2N4OS. The Hall–Kier alpha value is -0.400. The van der Waals surface area contributed by atoms with Crippen LogP contribution in [0.2, 0.25) is 0 Å². The predicted molar refractivity (Wildman–Crippen MR) is 91.7 cm³/mol. The first-order valence-electron chi connectivity index (χ1n) is 6.90. The molecule has 1 aromatic heterocycles. The normalized spacial score (nSPS) is 15.9. The topological polar surface area (TPSA) is 71.2 Å². The molecule has 1 aromatic rings. The van der Waals surface area contributed by atoms with Crippen molar-refractivity contribution in [3.05, 3.63) is 16.1 Å². The predicted octanol–water partition coefficient (Wildman–Crippen LogP) is 2.05. The number of hydrogen-bond donors (Lipinski definition) is 2. The van der Waals surface area contributed by atoms with Crippen LogP contribution < -0.4 is 11.1 Å². The van der Waals surface area contributed by atoms with Crippen molar-refractivity contribution in [2.24, 2.45) is 5.73 Å². The monoisotopic (exact) mass is 354 g/mol. The molecule has 8 heteroatoms. The number of likely N-dealkylation sites (tertiary alicyclic amines) is 1. The van der Waals surface area contributed by atoms with Gasteiger partial charge in [0.2, 0.25) is 0 Å². The summed E-state index contributed by atoms with van der Waals surface area (Å²) in [6.45, 7) is 5.90. The third-order valence-corrected chi connectivity index (χ3v) is 4.29. The number of nitrogens with zero attached hydrogens (tertiary/aromatic N) is 2. The molecule has 1 fully saturated rings. The molecule has 5 nitrogen and oxygen atoms in total. The molecule has 0 bridgehead atoms.